The zero-order valence-corrected chi connectivity index (χ0v) is 17.6. The minimum atomic E-state index is -0.354. The molecule has 0 saturated carbocycles. The van der Waals surface area contributed by atoms with Gasteiger partial charge < -0.3 is 5.32 Å². The van der Waals surface area contributed by atoms with Gasteiger partial charge in [0.15, 0.2) is 5.82 Å². The summed E-state index contributed by atoms with van der Waals surface area (Å²) >= 11 is 3.39. The number of carbonyl (C=O) groups excluding carboxylic acids is 1. The lowest BCUT2D eigenvalue weighted by Gasteiger charge is -2.08. The van der Waals surface area contributed by atoms with Gasteiger partial charge in [-0.1, -0.05) is 64.0 Å². The number of nitrogens with zero attached hydrogens (tertiary/aromatic N) is 3. The second-order valence-electron chi connectivity index (χ2n) is 6.78. The summed E-state index contributed by atoms with van der Waals surface area (Å²) in [6.45, 7) is 4.05. The summed E-state index contributed by atoms with van der Waals surface area (Å²) in [5.41, 5.74) is 4.67. The first kappa shape index (κ1) is 19.1. The van der Waals surface area contributed by atoms with Gasteiger partial charge >= 0.3 is 0 Å². The van der Waals surface area contributed by atoms with Crippen molar-refractivity contribution in [3.63, 3.8) is 0 Å². The SMILES string of the molecule is Cc1ccc(-c2nc(C(=O)Nc3ccc(Br)cc3)nn2-c2ccccc2C)cc1. The molecule has 0 atom stereocenters. The number of nitrogens with one attached hydrogen (secondary N) is 1. The van der Waals surface area contributed by atoms with Crippen molar-refractivity contribution in [1.82, 2.24) is 14.8 Å². The van der Waals surface area contributed by atoms with E-state index < -0.39 is 0 Å². The van der Waals surface area contributed by atoms with Crippen LogP contribution in [-0.2, 0) is 0 Å². The Kier molecular flexibility index (Phi) is 5.27. The first-order valence-corrected chi connectivity index (χ1v) is 9.97. The quantitative estimate of drug-likeness (QED) is 0.445. The molecule has 0 saturated heterocycles. The normalized spacial score (nSPS) is 10.7. The zero-order chi connectivity index (χ0) is 20.4. The van der Waals surface area contributed by atoms with Crippen LogP contribution in [0.15, 0.2) is 77.3 Å². The molecule has 0 unspecified atom stereocenters. The lowest BCUT2D eigenvalue weighted by molar-refractivity contribution is 0.101. The summed E-state index contributed by atoms with van der Waals surface area (Å²) in [6.07, 6.45) is 0. The summed E-state index contributed by atoms with van der Waals surface area (Å²) in [5, 5.41) is 7.39. The van der Waals surface area contributed by atoms with Crippen molar-refractivity contribution < 1.29 is 4.79 Å². The monoisotopic (exact) mass is 446 g/mol. The van der Waals surface area contributed by atoms with Gasteiger partial charge in [-0.15, -0.1) is 5.10 Å². The van der Waals surface area contributed by atoms with Gasteiger partial charge in [0.1, 0.15) is 0 Å². The van der Waals surface area contributed by atoms with Crippen LogP contribution in [0.5, 0.6) is 0 Å². The van der Waals surface area contributed by atoms with E-state index in [4.69, 9.17) is 0 Å². The number of rotatable bonds is 4. The van der Waals surface area contributed by atoms with Crippen LogP contribution in [0, 0.1) is 13.8 Å². The van der Waals surface area contributed by atoms with Crippen LogP contribution in [0.1, 0.15) is 21.7 Å². The Morgan fingerprint density at radius 2 is 1.62 bits per heavy atom. The third-order valence-electron chi connectivity index (χ3n) is 4.57. The predicted molar refractivity (Wildman–Crippen MR) is 118 cm³/mol. The molecule has 144 valence electrons. The molecule has 0 bridgehead atoms. The van der Waals surface area contributed by atoms with Crippen LogP contribution >= 0.6 is 15.9 Å². The topological polar surface area (TPSA) is 59.8 Å². The molecule has 1 N–H and O–H groups in total. The van der Waals surface area contributed by atoms with Crippen molar-refractivity contribution in [3.8, 4) is 17.1 Å². The Labute approximate surface area is 177 Å². The summed E-state index contributed by atoms with van der Waals surface area (Å²) < 4.78 is 2.68. The highest BCUT2D eigenvalue weighted by Gasteiger charge is 2.19. The third kappa shape index (κ3) is 4.12. The number of benzene rings is 3. The number of carbonyl (C=O) groups is 1. The van der Waals surface area contributed by atoms with Crippen LogP contribution in [0.4, 0.5) is 5.69 Å². The van der Waals surface area contributed by atoms with Crippen LogP contribution < -0.4 is 5.32 Å². The van der Waals surface area contributed by atoms with E-state index in [0.29, 0.717) is 11.5 Å². The molecule has 29 heavy (non-hydrogen) atoms. The van der Waals surface area contributed by atoms with Crippen LogP contribution in [0.25, 0.3) is 17.1 Å². The van der Waals surface area contributed by atoms with Gasteiger partial charge in [-0.3, -0.25) is 4.79 Å². The molecule has 3 aromatic carbocycles. The second-order valence-corrected chi connectivity index (χ2v) is 7.70. The van der Waals surface area contributed by atoms with E-state index in [2.05, 4.69) is 31.3 Å². The molecule has 6 heteroatoms. The highest BCUT2D eigenvalue weighted by atomic mass is 79.9. The minimum Gasteiger partial charge on any atom is -0.319 e. The number of anilines is 1. The average molecular weight is 447 g/mol. The maximum absolute atomic E-state index is 12.8. The standard InChI is InChI=1S/C23H19BrN4O/c1-15-7-9-17(10-8-15)22-26-21(23(29)25-19-13-11-18(24)12-14-19)27-28(22)20-6-4-3-5-16(20)2/h3-14H,1-2H3,(H,25,29). The molecule has 4 aromatic rings. The van der Waals surface area contributed by atoms with Crippen LogP contribution in [0.2, 0.25) is 0 Å². The third-order valence-corrected chi connectivity index (χ3v) is 5.09. The molecule has 1 heterocycles. The molecule has 0 aliphatic rings. The zero-order valence-electron chi connectivity index (χ0n) is 16.1. The maximum atomic E-state index is 12.8. The molecular weight excluding hydrogens is 428 g/mol. The van der Waals surface area contributed by atoms with E-state index in [1.54, 1.807) is 4.68 Å². The largest absolute Gasteiger partial charge is 0.319 e. The Morgan fingerprint density at radius 1 is 0.931 bits per heavy atom. The number of hydrogen-bond donors (Lipinski definition) is 1. The number of amides is 1. The van der Waals surface area contributed by atoms with Gasteiger partial charge in [0.05, 0.1) is 5.69 Å². The Balaban J connectivity index is 1.76. The van der Waals surface area contributed by atoms with Crippen molar-refractivity contribution in [1.29, 1.82) is 0 Å². The molecule has 4 rings (SSSR count). The fourth-order valence-electron chi connectivity index (χ4n) is 2.99. The van der Waals surface area contributed by atoms with Crippen molar-refractivity contribution >= 4 is 27.5 Å². The van der Waals surface area contributed by atoms with Gasteiger partial charge in [0.25, 0.3) is 5.91 Å². The fraction of sp³-hybridized carbons (Fsp3) is 0.0870. The Morgan fingerprint density at radius 3 is 2.31 bits per heavy atom. The number of hydrogen-bond acceptors (Lipinski definition) is 3. The van der Waals surface area contributed by atoms with E-state index in [1.165, 1.54) is 0 Å². The number of halogens is 1. The number of para-hydroxylation sites is 1. The molecule has 0 aliphatic carbocycles. The Hall–Kier alpha value is -3.25. The highest BCUT2D eigenvalue weighted by Crippen LogP contribution is 2.24. The summed E-state index contributed by atoms with van der Waals surface area (Å²) in [4.78, 5) is 17.4. The first-order valence-electron chi connectivity index (χ1n) is 9.18. The average Bonchev–Trinajstić information content (AvgIpc) is 3.16. The Bertz CT molecular complexity index is 1160. The molecule has 0 radical (unpaired) electrons. The predicted octanol–water partition coefficient (Wildman–Crippen LogP) is 5.57. The van der Waals surface area contributed by atoms with Gasteiger partial charge in [0, 0.05) is 15.7 Å². The summed E-state index contributed by atoms with van der Waals surface area (Å²) in [5.74, 6) is 0.389. The molecule has 1 amide bonds. The molecule has 5 nitrogen and oxygen atoms in total. The van der Waals surface area contributed by atoms with Gasteiger partial charge in [0.2, 0.25) is 5.82 Å². The van der Waals surface area contributed by atoms with Gasteiger partial charge in [-0.25, -0.2) is 9.67 Å². The number of aromatic nitrogens is 3. The van der Waals surface area contributed by atoms with Crippen LogP contribution in [0.3, 0.4) is 0 Å². The summed E-state index contributed by atoms with van der Waals surface area (Å²) in [6, 6.07) is 23.3. The van der Waals surface area contributed by atoms with Crippen molar-refractivity contribution in [3.05, 3.63) is 94.2 Å². The molecule has 0 spiro atoms. The van der Waals surface area contributed by atoms with Crippen molar-refractivity contribution in [2.45, 2.75) is 13.8 Å². The van der Waals surface area contributed by atoms with E-state index >= 15 is 0 Å². The first-order chi connectivity index (χ1) is 14.0. The van der Waals surface area contributed by atoms with E-state index in [9.17, 15) is 4.79 Å². The summed E-state index contributed by atoms with van der Waals surface area (Å²) in [7, 11) is 0. The second kappa shape index (κ2) is 8.01. The maximum Gasteiger partial charge on any atom is 0.295 e. The molecule has 0 aliphatic heterocycles. The molecule has 1 aromatic heterocycles. The van der Waals surface area contributed by atoms with Crippen molar-refractivity contribution in [2.75, 3.05) is 5.32 Å². The van der Waals surface area contributed by atoms with E-state index in [1.807, 2.05) is 86.6 Å². The highest BCUT2D eigenvalue weighted by molar-refractivity contribution is 9.10. The molecule has 0 fully saturated rings. The lowest BCUT2D eigenvalue weighted by Crippen LogP contribution is -2.14. The van der Waals surface area contributed by atoms with Crippen molar-refractivity contribution in [2.24, 2.45) is 0 Å². The fourth-order valence-corrected chi connectivity index (χ4v) is 3.25. The van der Waals surface area contributed by atoms with Gasteiger partial charge in [-0.05, 0) is 49.7 Å². The lowest BCUT2D eigenvalue weighted by atomic mass is 10.1. The molecular formula is C23H19BrN4O. The van der Waals surface area contributed by atoms with E-state index in [-0.39, 0.29) is 11.7 Å². The van der Waals surface area contributed by atoms with E-state index in [0.717, 1.165) is 26.9 Å². The van der Waals surface area contributed by atoms with Gasteiger partial charge in [-0.2, -0.15) is 0 Å². The number of aryl methyl sites for hydroxylation is 2. The smallest absolute Gasteiger partial charge is 0.295 e. The minimum absolute atomic E-state index is 0.117. The van der Waals surface area contributed by atoms with Crippen LogP contribution in [-0.4, -0.2) is 20.7 Å².